The number of aromatic nitrogens is 1. The van der Waals surface area contributed by atoms with Crippen molar-refractivity contribution in [1.29, 1.82) is 0 Å². The lowest BCUT2D eigenvalue weighted by Gasteiger charge is -2.53. The maximum absolute atomic E-state index is 13.4. The molecule has 3 fully saturated rings. The highest BCUT2D eigenvalue weighted by Gasteiger charge is 2.53. The normalized spacial score (nSPS) is 29.5. The van der Waals surface area contributed by atoms with E-state index in [1.54, 1.807) is 0 Å². The Kier molecular flexibility index (Phi) is 5.85. The summed E-state index contributed by atoms with van der Waals surface area (Å²) in [5.41, 5.74) is 1.77. The van der Waals surface area contributed by atoms with Gasteiger partial charge in [0.05, 0.1) is 30.8 Å². The van der Waals surface area contributed by atoms with E-state index in [9.17, 15) is 4.79 Å². The Morgan fingerprint density at radius 2 is 2.03 bits per heavy atom. The highest BCUT2D eigenvalue weighted by molar-refractivity contribution is 5.92. The molecule has 2 saturated heterocycles. The first-order valence-corrected chi connectivity index (χ1v) is 11.8. The lowest BCUT2D eigenvalue weighted by Crippen LogP contribution is -2.59. The van der Waals surface area contributed by atoms with Crippen molar-refractivity contribution in [2.75, 3.05) is 50.9 Å². The number of benzene rings is 1. The van der Waals surface area contributed by atoms with Gasteiger partial charge in [-0.05, 0) is 50.7 Å². The minimum absolute atomic E-state index is 0.00323. The van der Waals surface area contributed by atoms with Gasteiger partial charge in [0.1, 0.15) is 0 Å². The third kappa shape index (κ3) is 3.80. The molecule has 1 saturated carbocycles. The average molecular weight is 424 g/mol. The third-order valence-electron chi connectivity index (χ3n) is 7.69. The first-order valence-electron chi connectivity index (χ1n) is 11.8. The second-order valence-electron chi connectivity index (χ2n) is 9.21. The second-order valence-corrected chi connectivity index (χ2v) is 9.21. The van der Waals surface area contributed by atoms with E-state index in [1.807, 2.05) is 19.2 Å². The quantitative estimate of drug-likeness (QED) is 0.702. The minimum Gasteiger partial charge on any atom is -0.466 e. The SMILES string of the molecule is CCOC(=O)[C@@]12CC[C@@H](N3CCOCC3)C[C@H]1CCN(c1ccnc3ccccc13)C2. The zero-order chi connectivity index (χ0) is 21.3. The van der Waals surface area contributed by atoms with Crippen LogP contribution in [-0.2, 0) is 14.3 Å². The van der Waals surface area contributed by atoms with Gasteiger partial charge in [0, 0.05) is 49.5 Å². The highest BCUT2D eigenvalue weighted by Crippen LogP contribution is 2.49. The Morgan fingerprint density at radius 3 is 2.87 bits per heavy atom. The maximum Gasteiger partial charge on any atom is 0.314 e. The molecule has 0 spiro atoms. The van der Waals surface area contributed by atoms with Crippen LogP contribution in [0.3, 0.4) is 0 Å². The summed E-state index contributed by atoms with van der Waals surface area (Å²) in [4.78, 5) is 22.9. The average Bonchev–Trinajstić information content (AvgIpc) is 2.83. The van der Waals surface area contributed by atoms with Crippen molar-refractivity contribution in [3.63, 3.8) is 0 Å². The molecule has 2 aromatic rings. The van der Waals surface area contributed by atoms with Gasteiger partial charge < -0.3 is 14.4 Å². The second kappa shape index (κ2) is 8.75. The lowest BCUT2D eigenvalue weighted by molar-refractivity contribution is -0.164. The van der Waals surface area contributed by atoms with E-state index in [0.29, 0.717) is 18.6 Å². The Morgan fingerprint density at radius 1 is 1.19 bits per heavy atom. The fourth-order valence-corrected chi connectivity index (χ4v) is 6.08. The molecule has 2 aliphatic heterocycles. The summed E-state index contributed by atoms with van der Waals surface area (Å²) < 4.78 is 11.2. The van der Waals surface area contributed by atoms with Gasteiger partial charge in [0.15, 0.2) is 0 Å². The number of pyridine rings is 1. The number of hydrogen-bond donors (Lipinski definition) is 0. The number of fused-ring (bicyclic) bond motifs is 2. The van der Waals surface area contributed by atoms with Crippen LogP contribution in [0.4, 0.5) is 5.69 Å². The molecule has 31 heavy (non-hydrogen) atoms. The van der Waals surface area contributed by atoms with Crippen molar-refractivity contribution in [3.8, 4) is 0 Å². The molecule has 6 heteroatoms. The van der Waals surface area contributed by atoms with E-state index in [-0.39, 0.29) is 5.97 Å². The summed E-state index contributed by atoms with van der Waals surface area (Å²) in [5.74, 6) is 0.376. The Bertz CT molecular complexity index is 924. The molecule has 3 heterocycles. The summed E-state index contributed by atoms with van der Waals surface area (Å²) in [5, 5.41) is 1.16. The van der Waals surface area contributed by atoms with Crippen LogP contribution >= 0.6 is 0 Å². The van der Waals surface area contributed by atoms with Crippen molar-refractivity contribution in [2.45, 2.75) is 38.6 Å². The van der Waals surface area contributed by atoms with Crippen molar-refractivity contribution >= 4 is 22.6 Å². The van der Waals surface area contributed by atoms with E-state index in [4.69, 9.17) is 9.47 Å². The molecule has 3 atom stereocenters. The van der Waals surface area contributed by atoms with Gasteiger partial charge >= 0.3 is 5.97 Å². The summed E-state index contributed by atoms with van der Waals surface area (Å²) in [6.45, 7) is 7.74. The van der Waals surface area contributed by atoms with Crippen molar-refractivity contribution < 1.29 is 14.3 Å². The van der Waals surface area contributed by atoms with Crippen LogP contribution in [0.1, 0.15) is 32.6 Å². The van der Waals surface area contributed by atoms with E-state index in [0.717, 1.165) is 76.0 Å². The first-order chi connectivity index (χ1) is 15.2. The maximum atomic E-state index is 13.4. The smallest absolute Gasteiger partial charge is 0.314 e. The number of anilines is 1. The van der Waals surface area contributed by atoms with Gasteiger partial charge in [-0.15, -0.1) is 0 Å². The Labute approximate surface area is 184 Å². The number of ether oxygens (including phenoxy) is 2. The van der Waals surface area contributed by atoms with Gasteiger partial charge in [-0.25, -0.2) is 0 Å². The van der Waals surface area contributed by atoms with Crippen LogP contribution in [0.15, 0.2) is 36.5 Å². The molecule has 1 aliphatic carbocycles. The van der Waals surface area contributed by atoms with Crippen molar-refractivity contribution in [2.24, 2.45) is 11.3 Å². The molecule has 6 nitrogen and oxygen atoms in total. The third-order valence-corrected chi connectivity index (χ3v) is 7.69. The summed E-state index contributed by atoms with van der Waals surface area (Å²) >= 11 is 0. The molecule has 1 aromatic heterocycles. The fraction of sp³-hybridized carbons (Fsp3) is 0.600. The van der Waals surface area contributed by atoms with E-state index < -0.39 is 5.41 Å². The van der Waals surface area contributed by atoms with Crippen LogP contribution in [-0.4, -0.2) is 67.9 Å². The number of para-hydroxylation sites is 1. The lowest BCUT2D eigenvalue weighted by atomic mass is 9.61. The van der Waals surface area contributed by atoms with Gasteiger partial charge in [0.25, 0.3) is 0 Å². The Hall–Kier alpha value is -2.18. The topological polar surface area (TPSA) is 54.9 Å². The summed E-state index contributed by atoms with van der Waals surface area (Å²) in [7, 11) is 0. The number of piperidine rings is 1. The molecule has 0 radical (unpaired) electrons. The minimum atomic E-state index is -0.415. The number of carbonyl (C=O) groups is 1. The monoisotopic (exact) mass is 423 g/mol. The summed E-state index contributed by atoms with van der Waals surface area (Å²) in [6.07, 6.45) is 5.95. The van der Waals surface area contributed by atoms with Crippen LogP contribution in [0, 0.1) is 11.3 Å². The van der Waals surface area contributed by atoms with Crippen LogP contribution in [0.25, 0.3) is 10.9 Å². The number of hydrogen-bond acceptors (Lipinski definition) is 6. The molecular weight excluding hydrogens is 390 g/mol. The number of rotatable bonds is 4. The zero-order valence-corrected chi connectivity index (χ0v) is 18.5. The molecule has 0 amide bonds. The molecule has 0 bridgehead atoms. The number of esters is 1. The largest absolute Gasteiger partial charge is 0.466 e. The van der Waals surface area contributed by atoms with Gasteiger partial charge in [-0.2, -0.15) is 0 Å². The molecule has 0 unspecified atom stereocenters. The standard InChI is InChI=1S/C25H33N3O3/c1-2-31-24(29)25-10-7-20(27-13-15-30-16-14-27)17-19(25)9-12-28(18-25)23-8-11-26-22-6-4-3-5-21(22)23/h3-6,8,11,19-20H,2,7,9-10,12-18H2,1H3/t19-,20-,25-/m1/s1. The number of carbonyl (C=O) groups excluding carboxylic acids is 1. The van der Waals surface area contributed by atoms with E-state index >= 15 is 0 Å². The van der Waals surface area contributed by atoms with Crippen molar-refractivity contribution in [3.05, 3.63) is 36.5 Å². The van der Waals surface area contributed by atoms with Crippen molar-refractivity contribution in [1.82, 2.24) is 9.88 Å². The Balaban J connectivity index is 1.43. The summed E-state index contributed by atoms with van der Waals surface area (Å²) in [6, 6.07) is 10.9. The molecular formula is C25H33N3O3. The molecule has 3 aliphatic rings. The van der Waals surface area contributed by atoms with E-state index in [1.165, 1.54) is 5.69 Å². The molecule has 166 valence electrons. The van der Waals surface area contributed by atoms with Crippen LogP contribution < -0.4 is 4.90 Å². The van der Waals surface area contributed by atoms with Crippen LogP contribution in [0.5, 0.6) is 0 Å². The van der Waals surface area contributed by atoms with Crippen LogP contribution in [0.2, 0.25) is 0 Å². The predicted octanol–water partition coefficient (Wildman–Crippen LogP) is 3.50. The number of morpholine rings is 1. The fourth-order valence-electron chi connectivity index (χ4n) is 6.08. The number of nitrogens with zero attached hydrogens (tertiary/aromatic N) is 3. The zero-order valence-electron chi connectivity index (χ0n) is 18.5. The molecule has 5 rings (SSSR count). The van der Waals surface area contributed by atoms with Gasteiger partial charge in [0.2, 0.25) is 0 Å². The molecule has 1 aromatic carbocycles. The van der Waals surface area contributed by atoms with Gasteiger partial charge in [-0.1, -0.05) is 18.2 Å². The predicted molar refractivity (Wildman–Crippen MR) is 121 cm³/mol. The molecule has 0 N–H and O–H groups in total. The highest BCUT2D eigenvalue weighted by atomic mass is 16.5. The van der Waals surface area contributed by atoms with Gasteiger partial charge in [-0.3, -0.25) is 14.7 Å². The van der Waals surface area contributed by atoms with E-state index in [2.05, 4.69) is 39.0 Å². The first kappa shape index (κ1) is 20.7.